The van der Waals surface area contributed by atoms with Crippen LogP contribution in [0.5, 0.6) is 0 Å². The number of nitrogens with two attached hydrogens (primary N) is 1. The molecule has 2 heterocycles. The van der Waals surface area contributed by atoms with Gasteiger partial charge in [0.2, 0.25) is 5.91 Å². The summed E-state index contributed by atoms with van der Waals surface area (Å²) in [5.74, 6) is -0.0767. The molecule has 0 aliphatic carbocycles. The second kappa shape index (κ2) is 8.97. The lowest BCUT2D eigenvalue weighted by atomic mass is 9.95. The van der Waals surface area contributed by atoms with Gasteiger partial charge >= 0.3 is 0 Å². The Balaban J connectivity index is 0.00000240. The van der Waals surface area contributed by atoms with E-state index in [1.807, 2.05) is 11.0 Å². The molecule has 2 amide bonds. The van der Waals surface area contributed by atoms with Crippen molar-refractivity contribution < 1.29 is 9.59 Å². The van der Waals surface area contributed by atoms with Crippen molar-refractivity contribution in [3.05, 3.63) is 70.3 Å². The molecule has 2 aliphatic rings. The van der Waals surface area contributed by atoms with E-state index in [1.165, 1.54) is 11.1 Å². The summed E-state index contributed by atoms with van der Waals surface area (Å²) in [6.07, 6.45) is 2.18. The second-order valence-corrected chi connectivity index (χ2v) is 8.10. The fourth-order valence-corrected chi connectivity index (χ4v) is 4.48. The summed E-state index contributed by atoms with van der Waals surface area (Å²) in [4.78, 5) is 28.9. The highest BCUT2D eigenvalue weighted by molar-refractivity contribution is 6.09. The van der Waals surface area contributed by atoms with Crippen LogP contribution in [0, 0.1) is 12.8 Å². The molecule has 2 N–H and O–H groups in total. The summed E-state index contributed by atoms with van der Waals surface area (Å²) in [5, 5.41) is 0. The van der Waals surface area contributed by atoms with E-state index in [0.717, 1.165) is 44.6 Å². The first-order valence-electron chi connectivity index (χ1n) is 10.00. The van der Waals surface area contributed by atoms with E-state index >= 15 is 0 Å². The Kier molecular flexibility index (Phi) is 6.60. The molecule has 1 saturated heterocycles. The van der Waals surface area contributed by atoms with Gasteiger partial charge in [-0.25, -0.2) is 0 Å². The molecule has 0 atom stereocenters. The zero-order chi connectivity index (χ0) is 19.7. The lowest BCUT2D eigenvalue weighted by molar-refractivity contribution is 0.0708. The molecule has 2 aromatic rings. The molecule has 4 rings (SSSR count). The number of piperidine rings is 1. The van der Waals surface area contributed by atoms with Gasteiger partial charge in [-0.1, -0.05) is 42.0 Å². The maximum Gasteiger partial charge on any atom is 0.255 e. The molecule has 0 spiro atoms. The summed E-state index contributed by atoms with van der Waals surface area (Å²) in [7, 11) is 0. The number of hydrogen-bond acceptors (Lipinski definition) is 3. The molecular weight excluding hydrogens is 386 g/mol. The van der Waals surface area contributed by atoms with Crippen molar-refractivity contribution in [2.45, 2.75) is 32.9 Å². The summed E-state index contributed by atoms with van der Waals surface area (Å²) in [6, 6.07) is 14.1. The Labute approximate surface area is 178 Å². The van der Waals surface area contributed by atoms with Gasteiger partial charge in [-0.15, -0.1) is 12.4 Å². The summed E-state index contributed by atoms with van der Waals surface area (Å²) in [6.45, 7) is 6.57. The Morgan fingerprint density at radius 3 is 2.55 bits per heavy atom. The third-order valence-electron chi connectivity index (χ3n) is 5.95. The third kappa shape index (κ3) is 4.62. The van der Waals surface area contributed by atoms with Gasteiger partial charge in [-0.3, -0.25) is 14.5 Å². The van der Waals surface area contributed by atoms with Gasteiger partial charge in [0.15, 0.2) is 0 Å². The van der Waals surface area contributed by atoms with E-state index in [1.54, 1.807) is 12.1 Å². The molecule has 5 nitrogen and oxygen atoms in total. The van der Waals surface area contributed by atoms with Gasteiger partial charge in [-0.05, 0) is 56.0 Å². The predicted molar refractivity (Wildman–Crippen MR) is 116 cm³/mol. The zero-order valence-electron chi connectivity index (χ0n) is 16.8. The molecule has 0 aromatic heterocycles. The molecule has 29 heavy (non-hydrogen) atoms. The van der Waals surface area contributed by atoms with Gasteiger partial charge in [0, 0.05) is 19.6 Å². The largest absolute Gasteiger partial charge is 0.366 e. The number of amides is 2. The fraction of sp³-hybridized carbons (Fsp3) is 0.391. The highest BCUT2D eigenvalue weighted by Crippen LogP contribution is 2.29. The van der Waals surface area contributed by atoms with Crippen LogP contribution < -0.4 is 5.73 Å². The zero-order valence-corrected chi connectivity index (χ0v) is 17.6. The topological polar surface area (TPSA) is 66.6 Å². The lowest BCUT2D eigenvalue weighted by Crippen LogP contribution is -2.38. The van der Waals surface area contributed by atoms with Crippen molar-refractivity contribution in [1.82, 2.24) is 9.80 Å². The third-order valence-corrected chi connectivity index (χ3v) is 5.95. The first-order chi connectivity index (χ1) is 13.5. The number of primary amides is 1. The monoisotopic (exact) mass is 413 g/mol. The minimum Gasteiger partial charge on any atom is -0.366 e. The number of rotatable bonds is 5. The van der Waals surface area contributed by atoms with Crippen LogP contribution in [-0.4, -0.2) is 41.2 Å². The number of halogens is 1. The number of fused-ring (bicyclic) bond motifs is 1. The Bertz CT molecular complexity index is 907. The first-order valence-corrected chi connectivity index (χ1v) is 10.00. The number of carbonyl (C=O) groups excluding carboxylic acids is 2. The average Bonchev–Trinajstić information content (AvgIpc) is 2.99. The molecule has 0 saturated carbocycles. The SMILES string of the molecule is Cc1cccc(CN2CCC(CN3Cc4cccc(C(N)=O)c4C3=O)CC2)c1.Cl. The van der Waals surface area contributed by atoms with Crippen molar-refractivity contribution in [3.63, 3.8) is 0 Å². The van der Waals surface area contributed by atoms with Crippen molar-refractivity contribution in [1.29, 1.82) is 0 Å². The van der Waals surface area contributed by atoms with Crippen LogP contribution in [0.4, 0.5) is 0 Å². The van der Waals surface area contributed by atoms with Crippen LogP contribution in [0.15, 0.2) is 42.5 Å². The molecule has 1 fully saturated rings. The van der Waals surface area contributed by atoms with Gasteiger partial charge in [0.25, 0.3) is 5.91 Å². The van der Waals surface area contributed by atoms with Crippen LogP contribution in [0.1, 0.15) is 50.2 Å². The van der Waals surface area contributed by atoms with E-state index in [9.17, 15) is 9.59 Å². The standard InChI is InChI=1S/C23H27N3O2.ClH/c1-16-4-2-5-18(12-16)13-25-10-8-17(9-11-25)14-26-15-19-6-3-7-20(22(24)27)21(19)23(26)28;/h2-7,12,17H,8-11,13-15H2,1H3,(H2,24,27);1H. The minimum absolute atomic E-state index is 0. The molecule has 0 radical (unpaired) electrons. The number of nitrogens with zero attached hydrogens (tertiary/aromatic N) is 2. The first kappa shape index (κ1) is 21.3. The van der Waals surface area contributed by atoms with E-state index in [4.69, 9.17) is 5.73 Å². The molecular formula is C23H28ClN3O2. The average molecular weight is 414 g/mol. The minimum atomic E-state index is -0.531. The Morgan fingerprint density at radius 1 is 1.14 bits per heavy atom. The number of aryl methyl sites for hydroxylation is 1. The maximum atomic E-state index is 12.8. The molecule has 2 aliphatic heterocycles. The van der Waals surface area contributed by atoms with Crippen LogP contribution in [0.2, 0.25) is 0 Å². The summed E-state index contributed by atoms with van der Waals surface area (Å²) >= 11 is 0. The maximum absolute atomic E-state index is 12.8. The van der Waals surface area contributed by atoms with Crippen LogP contribution >= 0.6 is 12.4 Å². The van der Waals surface area contributed by atoms with Crippen molar-refractivity contribution in [3.8, 4) is 0 Å². The lowest BCUT2D eigenvalue weighted by Gasteiger charge is -2.34. The molecule has 154 valence electrons. The van der Waals surface area contributed by atoms with Gasteiger partial charge in [-0.2, -0.15) is 0 Å². The Hall–Kier alpha value is -2.37. The van der Waals surface area contributed by atoms with E-state index in [2.05, 4.69) is 36.1 Å². The number of benzene rings is 2. The second-order valence-electron chi connectivity index (χ2n) is 8.10. The molecule has 6 heteroatoms. The quantitative estimate of drug-likeness (QED) is 0.817. The van der Waals surface area contributed by atoms with Gasteiger partial charge in [0.05, 0.1) is 11.1 Å². The van der Waals surface area contributed by atoms with E-state index < -0.39 is 5.91 Å². The van der Waals surface area contributed by atoms with Gasteiger partial charge < -0.3 is 10.6 Å². The van der Waals surface area contributed by atoms with Gasteiger partial charge in [0.1, 0.15) is 0 Å². The highest BCUT2D eigenvalue weighted by atomic mass is 35.5. The number of likely N-dealkylation sites (tertiary alicyclic amines) is 1. The van der Waals surface area contributed by atoms with Crippen molar-refractivity contribution in [2.24, 2.45) is 11.7 Å². The van der Waals surface area contributed by atoms with Crippen LogP contribution in [-0.2, 0) is 13.1 Å². The van der Waals surface area contributed by atoms with E-state index in [0.29, 0.717) is 23.6 Å². The van der Waals surface area contributed by atoms with Crippen LogP contribution in [0.3, 0.4) is 0 Å². The van der Waals surface area contributed by atoms with Crippen LogP contribution in [0.25, 0.3) is 0 Å². The van der Waals surface area contributed by atoms with Crippen molar-refractivity contribution >= 4 is 24.2 Å². The normalized spacial score (nSPS) is 17.1. The van der Waals surface area contributed by atoms with Crippen molar-refractivity contribution in [2.75, 3.05) is 19.6 Å². The molecule has 0 bridgehead atoms. The molecule has 2 aromatic carbocycles. The predicted octanol–water partition coefficient (Wildman–Crippen LogP) is 3.38. The molecule has 0 unspecified atom stereocenters. The number of carbonyl (C=O) groups is 2. The van der Waals surface area contributed by atoms with E-state index in [-0.39, 0.29) is 18.3 Å². The highest BCUT2D eigenvalue weighted by Gasteiger charge is 2.33. The smallest absolute Gasteiger partial charge is 0.255 e. The fourth-order valence-electron chi connectivity index (χ4n) is 4.48. The Morgan fingerprint density at radius 2 is 1.86 bits per heavy atom. The summed E-state index contributed by atoms with van der Waals surface area (Å²) < 4.78 is 0. The number of hydrogen-bond donors (Lipinski definition) is 1. The summed E-state index contributed by atoms with van der Waals surface area (Å²) in [5.41, 5.74) is 9.88.